The van der Waals surface area contributed by atoms with Gasteiger partial charge in [0.2, 0.25) is 0 Å². The molecule has 1 N–H and O–H groups in total. The Kier molecular flexibility index (Phi) is 5.93. The molecule has 2 aliphatic rings. The van der Waals surface area contributed by atoms with Gasteiger partial charge in [0.25, 0.3) is 5.91 Å². The molecule has 1 atom stereocenters. The minimum Gasteiger partial charge on any atom is -0.483 e. The first-order chi connectivity index (χ1) is 13.7. The van der Waals surface area contributed by atoms with E-state index < -0.39 is 0 Å². The van der Waals surface area contributed by atoms with E-state index >= 15 is 0 Å². The van der Waals surface area contributed by atoms with Crippen LogP contribution in [0, 0.1) is 0 Å². The number of rotatable bonds is 6. The first kappa shape index (κ1) is 19.0. The first-order valence-electron chi connectivity index (χ1n) is 10.1. The number of likely N-dealkylation sites (N-methyl/N-ethyl adjacent to an activating group) is 1. The van der Waals surface area contributed by atoms with E-state index in [1.54, 1.807) is 0 Å². The van der Waals surface area contributed by atoms with Crippen molar-refractivity contribution in [3.05, 3.63) is 48.0 Å². The molecular weight excluding hydrogens is 352 g/mol. The summed E-state index contributed by atoms with van der Waals surface area (Å²) in [5, 5.41) is 5.13. The second kappa shape index (κ2) is 8.76. The van der Waals surface area contributed by atoms with Crippen LogP contribution in [0.4, 0.5) is 0 Å². The SMILES string of the molecule is CN1CC=C(c2ccc(OCC(=O)NCC3CCCO3)c3ccccc23)CC1. The number of amides is 1. The van der Waals surface area contributed by atoms with Gasteiger partial charge in [-0.25, -0.2) is 0 Å². The first-order valence-corrected chi connectivity index (χ1v) is 10.1. The molecule has 0 radical (unpaired) electrons. The van der Waals surface area contributed by atoms with Crippen LogP contribution in [0.1, 0.15) is 24.8 Å². The standard InChI is InChI=1S/C23H28N2O3/c1-25-12-10-17(11-13-25)19-8-9-22(21-7-3-2-6-20(19)21)28-16-23(26)24-15-18-5-4-14-27-18/h2-3,6-10,18H,4-5,11-16H2,1H3,(H,24,26). The van der Waals surface area contributed by atoms with Crippen LogP contribution in [-0.2, 0) is 9.53 Å². The third kappa shape index (κ3) is 4.37. The Balaban J connectivity index is 1.46. The molecule has 0 bridgehead atoms. The van der Waals surface area contributed by atoms with E-state index in [9.17, 15) is 4.79 Å². The van der Waals surface area contributed by atoms with Crippen molar-refractivity contribution < 1.29 is 14.3 Å². The monoisotopic (exact) mass is 380 g/mol. The topological polar surface area (TPSA) is 50.8 Å². The number of hydrogen-bond donors (Lipinski definition) is 1. The van der Waals surface area contributed by atoms with Gasteiger partial charge in [0.15, 0.2) is 6.61 Å². The molecule has 1 unspecified atom stereocenters. The zero-order valence-electron chi connectivity index (χ0n) is 16.4. The van der Waals surface area contributed by atoms with Gasteiger partial charge in [-0.3, -0.25) is 4.79 Å². The lowest BCUT2D eigenvalue weighted by atomic mass is 9.94. The van der Waals surface area contributed by atoms with Gasteiger partial charge in [0.05, 0.1) is 6.10 Å². The van der Waals surface area contributed by atoms with E-state index in [0.29, 0.717) is 6.54 Å². The van der Waals surface area contributed by atoms with Crippen LogP contribution < -0.4 is 10.1 Å². The number of benzene rings is 2. The van der Waals surface area contributed by atoms with Crippen molar-refractivity contribution in [3.63, 3.8) is 0 Å². The van der Waals surface area contributed by atoms with Crippen LogP contribution in [0.3, 0.4) is 0 Å². The Labute approximate surface area is 166 Å². The Hall–Kier alpha value is -2.37. The Morgan fingerprint density at radius 2 is 2.11 bits per heavy atom. The van der Waals surface area contributed by atoms with E-state index in [1.165, 1.54) is 16.5 Å². The maximum absolute atomic E-state index is 12.1. The summed E-state index contributed by atoms with van der Waals surface area (Å²) in [6, 6.07) is 12.4. The quantitative estimate of drug-likeness (QED) is 0.836. The van der Waals surface area contributed by atoms with Crippen molar-refractivity contribution in [1.82, 2.24) is 10.2 Å². The van der Waals surface area contributed by atoms with E-state index in [4.69, 9.17) is 9.47 Å². The highest BCUT2D eigenvalue weighted by Crippen LogP contribution is 2.34. The molecule has 4 rings (SSSR count). The fourth-order valence-electron chi connectivity index (χ4n) is 3.92. The number of ether oxygens (including phenoxy) is 2. The number of carbonyl (C=O) groups excluding carboxylic acids is 1. The summed E-state index contributed by atoms with van der Waals surface area (Å²) in [5.41, 5.74) is 2.65. The Morgan fingerprint density at radius 3 is 2.86 bits per heavy atom. The van der Waals surface area contributed by atoms with Crippen molar-refractivity contribution in [2.24, 2.45) is 0 Å². The van der Waals surface area contributed by atoms with Crippen LogP contribution >= 0.6 is 0 Å². The zero-order chi connectivity index (χ0) is 19.3. The van der Waals surface area contributed by atoms with Crippen molar-refractivity contribution in [2.75, 3.05) is 39.9 Å². The smallest absolute Gasteiger partial charge is 0.258 e. The van der Waals surface area contributed by atoms with E-state index in [-0.39, 0.29) is 18.6 Å². The van der Waals surface area contributed by atoms with Crippen molar-refractivity contribution in [2.45, 2.75) is 25.4 Å². The van der Waals surface area contributed by atoms with Gasteiger partial charge in [-0.2, -0.15) is 0 Å². The summed E-state index contributed by atoms with van der Waals surface area (Å²) in [5.74, 6) is 0.641. The van der Waals surface area contributed by atoms with E-state index in [1.807, 2.05) is 12.1 Å². The molecule has 28 heavy (non-hydrogen) atoms. The van der Waals surface area contributed by atoms with Gasteiger partial charge < -0.3 is 19.7 Å². The van der Waals surface area contributed by atoms with Crippen LogP contribution in [0.5, 0.6) is 5.75 Å². The fraction of sp³-hybridized carbons (Fsp3) is 0.435. The molecule has 1 amide bonds. The number of fused-ring (bicyclic) bond motifs is 1. The van der Waals surface area contributed by atoms with Crippen molar-refractivity contribution in [1.29, 1.82) is 0 Å². The van der Waals surface area contributed by atoms with Crippen molar-refractivity contribution >= 4 is 22.3 Å². The average molecular weight is 380 g/mol. The van der Waals surface area contributed by atoms with Gasteiger partial charge in [0.1, 0.15) is 5.75 Å². The lowest BCUT2D eigenvalue weighted by molar-refractivity contribution is -0.123. The summed E-state index contributed by atoms with van der Waals surface area (Å²) in [4.78, 5) is 14.5. The summed E-state index contributed by atoms with van der Waals surface area (Å²) in [6.45, 7) is 3.42. The number of hydrogen-bond acceptors (Lipinski definition) is 4. The summed E-state index contributed by atoms with van der Waals surface area (Å²) >= 11 is 0. The van der Waals surface area contributed by atoms with Gasteiger partial charge >= 0.3 is 0 Å². The highest BCUT2D eigenvalue weighted by atomic mass is 16.5. The maximum atomic E-state index is 12.1. The molecule has 0 aliphatic carbocycles. The molecule has 1 fully saturated rings. The molecule has 5 nitrogen and oxygen atoms in total. The van der Waals surface area contributed by atoms with Gasteiger partial charge in [-0.1, -0.05) is 36.4 Å². The third-order valence-electron chi connectivity index (χ3n) is 5.55. The number of nitrogens with one attached hydrogen (secondary N) is 1. The lowest BCUT2D eigenvalue weighted by Crippen LogP contribution is -2.35. The molecule has 0 spiro atoms. The molecule has 2 heterocycles. The normalized spacial score (nSPS) is 20.2. The summed E-state index contributed by atoms with van der Waals surface area (Å²) in [7, 11) is 2.15. The fourth-order valence-corrected chi connectivity index (χ4v) is 3.92. The molecular formula is C23H28N2O3. The van der Waals surface area contributed by atoms with Gasteiger partial charge in [-0.15, -0.1) is 0 Å². The van der Waals surface area contributed by atoms with Crippen LogP contribution in [0.15, 0.2) is 42.5 Å². The maximum Gasteiger partial charge on any atom is 0.258 e. The molecule has 0 aromatic heterocycles. The highest BCUT2D eigenvalue weighted by Gasteiger charge is 2.17. The zero-order valence-corrected chi connectivity index (χ0v) is 16.4. The third-order valence-corrected chi connectivity index (χ3v) is 5.55. The lowest BCUT2D eigenvalue weighted by Gasteiger charge is -2.23. The van der Waals surface area contributed by atoms with Gasteiger partial charge in [-0.05, 0) is 48.9 Å². The second-order valence-electron chi connectivity index (χ2n) is 7.63. The largest absolute Gasteiger partial charge is 0.483 e. The molecule has 148 valence electrons. The molecule has 2 aromatic carbocycles. The average Bonchev–Trinajstić information content (AvgIpc) is 3.25. The second-order valence-corrected chi connectivity index (χ2v) is 7.63. The van der Waals surface area contributed by atoms with Crippen LogP contribution in [0.2, 0.25) is 0 Å². The van der Waals surface area contributed by atoms with Crippen LogP contribution in [-0.4, -0.2) is 56.8 Å². The molecule has 2 aromatic rings. The predicted octanol–water partition coefficient (Wildman–Crippen LogP) is 3.23. The minimum absolute atomic E-state index is 0.0174. The summed E-state index contributed by atoms with van der Waals surface area (Å²) in [6.07, 6.45) is 5.59. The molecule has 5 heteroatoms. The molecule has 1 saturated heterocycles. The Morgan fingerprint density at radius 1 is 1.25 bits per heavy atom. The highest BCUT2D eigenvalue weighted by molar-refractivity contribution is 5.97. The van der Waals surface area contributed by atoms with E-state index in [2.05, 4.69) is 47.6 Å². The molecule has 2 aliphatic heterocycles. The van der Waals surface area contributed by atoms with E-state index in [0.717, 1.165) is 50.1 Å². The minimum atomic E-state index is -0.110. The van der Waals surface area contributed by atoms with Gasteiger partial charge in [0, 0.05) is 31.6 Å². The Bertz CT molecular complexity index is 871. The summed E-state index contributed by atoms with van der Waals surface area (Å²) < 4.78 is 11.4. The van der Waals surface area contributed by atoms with Crippen molar-refractivity contribution in [3.8, 4) is 5.75 Å². The molecule has 0 saturated carbocycles. The van der Waals surface area contributed by atoms with Crippen LogP contribution in [0.25, 0.3) is 16.3 Å². The number of carbonyl (C=O) groups is 1. The number of nitrogens with zero attached hydrogens (tertiary/aromatic N) is 1. The predicted molar refractivity (Wildman–Crippen MR) is 112 cm³/mol.